The number of nitrogens with zero attached hydrogens (tertiary/aromatic N) is 1. The molecule has 0 fully saturated rings. The van der Waals surface area contributed by atoms with Crippen LogP contribution in [0, 0.1) is 0 Å². The molecule has 0 heterocycles. The Balaban J connectivity index is 2.08. The van der Waals surface area contributed by atoms with Crippen LogP contribution in [-0.4, -0.2) is 50.4 Å². The van der Waals surface area contributed by atoms with Gasteiger partial charge in [0.15, 0.2) is 0 Å². The Morgan fingerprint density at radius 3 is 2.43 bits per heavy atom. The van der Waals surface area contributed by atoms with E-state index >= 15 is 0 Å². The Kier molecular flexibility index (Phi) is 8.12. The highest BCUT2D eigenvalue weighted by Gasteiger charge is 2.05. The van der Waals surface area contributed by atoms with E-state index in [2.05, 4.69) is 15.5 Å². The van der Waals surface area contributed by atoms with Gasteiger partial charge in [-0.3, -0.25) is 9.59 Å². The van der Waals surface area contributed by atoms with Gasteiger partial charge in [-0.1, -0.05) is 30.3 Å². The van der Waals surface area contributed by atoms with Gasteiger partial charge in [-0.15, -0.1) is 0 Å². The highest BCUT2D eigenvalue weighted by molar-refractivity contribution is 5.84. The van der Waals surface area contributed by atoms with Crippen molar-refractivity contribution in [1.82, 2.24) is 15.5 Å². The highest BCUT2D eigenvalue weighted by Crippen LogP contribution is 2.01. The molecule has 0 bridgehead atoms. The fraction of sp³-hybridized carbons (Fsp3) is 0.500. The number of hydrogen-bond acceptors (Lipinski definition) is 3. The molecule has 0 spiro atoms. The van der Waals surface area contributed by atoms with Crippen molar-refractivity contribution in [3.05, 3.63) is 35.9 Å². The smallest absolute Gasteiger partial charge is 0.239 e. The number of hydrogen-bond donors (Lipinski definition) is 2. The van der Waals surface area contributed by atoms with Gasteiger partial charge >= 0.3 is 0 Å². The molecular weight excluding hydrogens is 266 g/mol. The molecule has 0 aliphatic rings. The molecule has 1 rings (SSSR count). The van der Waals surface area contributed by atoms with Gasteiger partial charge in [0.25, 0.3) is 0 Å². The maximum atomic E-state index is 11.6. The van der Waals surface area contributed by atoms with Crippen LogP contribution >= 0.6 is 0 Å². The molecule has 0 atom stereocenters. The van der Waals surface area contributed by atoms with Gasteiger partial charge in [0.1, 0.15) is 0 Å². The molecule has 0 unspecified atom stereocenters. The molecular formula is C16H25N3O2. The van der Waals surface area contributed by atoms with Crippen molar-refractivity contribution in [2.45, 2.75) is 19.3 Å². The minimum Gasteiger partial charge on any atom is -0.355 e. The zero-order valence-electron chi connectivity index (χ0n) is 12.9. The molecule has 116 valence electrons. The van der Waals surface area contributed by atoms with Gasteiger partial charge in [-0.05, 0) is 39.0 Å². The molecule has 0 aromatic heterocycles. The second-order valence-corrected chi connectivity index (χ2v) is 5.27. The summed E-state index contributed by atoms with van der Waals surface area (Å²) in [7, 11) is 3.99. The van der Waals surface area contributed by atoms with Gasteiger partial charge in [-0.2, -0.15) is 0 Å². The van der Waals surface area contributed by atoms with E-state index < -0.39 is 0 Å². The van der Waals surface area contributed by atoms with Crippen molar-refractivity contribution in [3.63, 3.8) is 0 Å². The fourth-order valence-electron chi connectivity index (χ4n) is 1.86. The molecule has 2 N–H and O–H groups in total. The van der Waals surface area contributed by atoms with Crippen molar-refractivity contribution < 1.29 is 9.59 Å². The number of carbonyl (C=O) groups excluding carboxylic acids is 2. The lowest BCUT2D eigenvalue weighted by Gasteiger charge is -2.10. The Labute approximate surface area is 126 Å². The predicted molar refractivity (Wildman–Crippen MR) is 84.0 cm³/mol. The van der Waals surface area contributed by atoms with Gasteiger partial charge in [0, 0.05) is 13.0 Å². The molecule has 0 aliphatic heterocycles. The lowest BCUT2D eigenvalue weighted by Crippen LogP contribution is -2.37. The number of nitrogens with one attached hydrogen (secondary N) is 2. The average molecular weight is 291 g/mol. The number of carbonyl (C=O) groups is 2. The Morgan fingerprint density at radius 2 is 1.76 bits per heavy atom. The first-order valence-electron chi connectivity index (χ1n) is 7.30. The molecule has 0 radical (unpaired) electrons. The number of amides is 2. The zero-order chi connectivity index (χ0) is 15.5. The first-order chi connectivity index (χ1) is 10.1. The van der Waals surface area contributed by atoms with E-state index in [4.69, 9.17) is 0 Å². The molecule has 0 aliphatic carbocycles. The number of benzene rings is 1. The molecule has 5 nitrogen and oxygen atoms in total. The molecule has 1 aromatic rings. The van der Waals surface area contributed by atoms with Crippen LogP contribution in [0.3, 0.4) is 0 Å². The fourth-order valence-corrected chi connectivity index (χ4v) is 1.86. The van der Waals surface area contributed by atoms with Crippen molar-refractivity contribution >= 4 is 11.8 Å². The van der Waals surface area contributed by atoms with E-state index in [0.717, 1.165) is 18.5 Å². The summed E-state index contributed by atoms with van der Waals surface area (Å²) in [5.74, 6) is -0.232. The van der Waals surface area contributed by atoms with Crippen molar-refractivity contribution in [2.24, 2.45) is 0 Å². The summed E-state index contributed by atoms with van der Waals surface area (Å²) in [6.07, 6.45) is 2.00. The summed E-state index contributed by atoms with van der Waals surface area (Å²) in [6, 6.07) is 9.84. The topological polar surface area (TPSA) is 61.4 Å². The van der Waals surface area contributed by atoms with Gasteiger partial charge in [0.2, 0.25) is 11.8 Å². The summed E-state index contributed by atoms with van der Waals surface area (Å²) in [5.41, 5.74) is 1.13. The molecule has 0 saturated carbocycles. The third kappa shape index (κ3) is 8.81. The minimum absolute atomic E-state index is 0.0512. The third-order valence-corrected chi connectivity index (χ3v) is 3.03. The van der Waals surface area contributed by atoms with Crippen LogP contribution in [0.15, 0.2) is 30.3 Å². The summed E-state index contributed by atoms with van der Waals surface area (Å²) >= 11 is 0. The Bertz CT molecular complexity index is 432. The predicted octanol–water partition coefficient (Wildman–Crippen LogP) is 0.803. The molecule has 21 heavy (non-hydrogen) atoms. The SMILES string of the molecule is CN(C)CCCNC(=O)CNC(=O)CCc1ccccc1. The van der Waals surface area contributed by atoms with Crippen molar-refractivity contribution in [2.75, 3.05) is 33.7 Å². The lowest BCUT2D eigenvalue weighted by molar-refractivity contribution is -0.126. The van der Waals surface area contributed by atoms with E-state index in [0.29, 0.717) is 19.4 Å². The van der Waals surface area contributed by atoms with Crippen LogP contribution in [0.2, 0.25) is 0 Å². The van der Waals surface area contributed by atoms with Crippen LogP contribution in [-0.2, 0) is 16.0 Å². The van der Waals surface area contributed by atoms with Crippen LogP contribution in [0.25, 0.3) is 0 Å². The molecule has 5 heteroatoms. The Hall–Kier alpha value is -1.88. The van der Waals surface area contributed by atoms with E-state index in [1.165, 1.54) is 0 Å². The molecule has 1 aromatic carbocycles. The van der Waals surface area contributed by atoms with E-state index in [9.17, 15) is 9.59 Å². The monoisotopic (exact) mass is 291 g/mol. The lowest BCUT2D eigenvalue weighted by atomic mass is 10.1. The standard InChI is InChI=1S/C16H25N3O2/c1-19(2)12-6-11-17-16(21)13-18-15(20)10-9-14-7-4-3-5-8-14/h3-5,7-8H,6,9-13H2,1-2H3,(H,17,21)(H,18,20). The highest BCUT2D eigenvalue weighted by atomic mass is 16.2. The van der Waals surface area contributed by atoms with Gasteiger partial charge in [-0.25, -0.2) is 0 Å². The first-order valence-corrected chi connectivity index (χ1v) is 7.30. The van der Waals surface area contributed by atoms with Gasteiger partial charge in [0.05, 0.1) is 6.54 Å². The van der Waals surface area contributed by atoms with Crippen molar-refractivity contribution in [1.29, 1.82) is 0 Å². The van der Waals surface area contributed by atoms with E-state index in [1.54, 1.807) is 0 Å². The van der Waals surface area contributed by atoms with Crippen LogP contribution in [0.5, 0.6) is 0 Å². The third-order valence-electron chi connectivity index (χ3n) is 3.03. The maximum absolute atomic E-state index is 11.6. The largest absolute Gasteiger partial charge is 0.355 e. The van der Waals surface area contributed by atoms with Crippen molar-refractivity contribution in [3.8, 4) is 0 Å². The van der Waals surface area contributed by atoms with Crippen LogP contribution in [0.1, 0.15) is 18.4 Å². The van der Waals surface area contributed by atoms with E-state index in [1.807, 2.05) is 44.4 Å². The first kappa shape index (κ1) is 17.2. The second-order valence-electron chi connectivity index (χ2n) is 5.27. The minimum atomic E-state index is -0.137. The zero-order valence-corrected chi connectivity index (χ0v) is 12.9. The normalized spacial score (nSPS) is 10.4. The Morgan fingerprint density at radius 1 is 1.05 bits per heavy atom. The van der Waals surface area contributed by atoms with E-state index in [-0.39, 0.29) is 18.4 Å². The summed E-state index contributed by atoms with van der Waals surface area (Å²) in [6.45, 7) is 1.62. The van der Waals surface area contributed by atoms with Gasteiger partial charge < -0.3 is 15.5 Å². The summed E-state index contributed by atoms with van der Waals surface area (Å²) in [4.78, 5) is 25.2. The number of aryl methyl sites for hydroxylation is 1. The van der Waals surface area contributed by atoms with Crippen LogP contribution < -0.4 is 10.6 Å². The summed E-state index contributed by atoms with van der Waals surface area (Å²) in [5, 5.41) is 5.43. The molecule has 2 amide bonds. The summed E-state index contributed by atoms with van der Waals surface area (Å²) < 4.78 is 0. The average Bonchev–Trinajstić information content (AvgIpc) is 2.48. The second kappa shape index (κ2) is 9.94. The quantitative estimate of drug-likeness (QED) is 0.662. The molecule has 0 saturated heterocycles. The van der Waals surface area contributed by atoms with Crippen LogP contribution in [0.4, 0.5) is 0 Å². The maximum Gasteiger partial charge on any atom is 0.239 e. The number of rotatable bonds is 9.